The van der Waals surface area contributed by atoms with Gasteiger partial charge in [0.25, 0.3) is 0 Å². The first-order valence-corrected chi connectivity index (χ1v) is 9.99. The van der Waals surface area contributed by atoms with Crippen molar-refractivity contribution in [2.45, 2.75) is 22.8 Å². The van der Waals surface area contributed by atoms with Gasteiger partial charge in [0.2, 0.25) is 20.0 Å². The predicted octanol–water partition coefficient (Wildman–Crippen LogP) is 1.99. The van der Waals surface area contributed by atoms with Crippen LogP contribution < -0.4 is 5.14 Å². The van der Waals surface area contributed by atoms with E-state index in [0.717, 1.165) is 40.7 Å². The van der Waals surface area contributed by atoms with Gasteiger partial charge < -0.3 is 0 Å². The summed E-state index contributed by atoms with van der Waals surface area (Å²) in [5.74, 6) is -2.10. The zero-order valence-electron chi connectivity index (χ0n) is 13.3. The van der Waals surface area contributed by atoms with Crippen LogP contribution in [0, 0.1) is 11.6 Å². The van der Waals surface area contributed by atoms with Gasteiger partial charge in [0.1, 0.15) is 0 Å². The molecular formula is C15H16F2N2O4S2. The summed E-state index contributed by atoms with van der Waals surface area (Å²) < 4.78 is 75.1. The van der Waals surface area contributed by atoms with Crippen molar-refractivity contribution < 1.29 is 25.6 Å². The Bertz CT molecular complexity index is 991. The Morgan fingerprint density at radius 1 is 0.920 bits per heavy atom. The molecule has 136 valence electrons. The van der Waals surface area contributed by atoms with E-state index in [2.05, 4.69) is 0 Å². The summed E-state index contributed by atoms with van der Waals surface area (Å²) in [6.07, 6.45) is 0. The molecule has 0 aliphatic heterocycles. The highest BCUT2D eigenvalue weighted by Crippen LogP contribution is 2.27. The van der Waals surface area contributed by atoms with Gasteiger partial charge in [-0.2, -0.15) is 4.31 Å². The van der Waals surface area contributed by atoms with Crippen LogP contribution in [-0.2, 0) is 20.0 Å². The molecular weight excluding hydrogens is 374 g/mol. The topological polar surface area (TPSA) is 97.5 Å². The number of hydrogen-bond donors (Lipinski definition) is 1. The van der Waals surface area contributed by atoms with E-state index in [-0.39, 0.29) is 15.4 Å². The van der Waals surface area contributed by atoms with Gasteiger partial charge in [-0.05, 0) is 48.9 Å². The number of sulfonamides is 2. The molecule has 0 fully saturated rings. The number of halogens is 2. The van der Waals surface area contributed by atoms with Crippen molar-refractivity contribution in [3.8, 4) is 0 Å². The summed E-state index contributed by atoms with van der Waals surface area (Å²) >= 11 is 0. The molecule has 0 aromatic heterocycles. The maximum Gasteiger partial charge on any atom is 0.243 e. The van der Waals surface area contributed by atoms with Gasteiger partial charge in [-0.15, -0.1) is 0 Å². The molecule has 0 spiro atoms. The third-order valence-corrected chi connectivity index (χ3v) is 6.67. The second-order valence-electron chi connectivity index (χ2n) is 5.39. The number of primary sulfonamides is 1. The normalized spacial score (nSPS) is 13.8. The lowest BCUT2D eigenvalue weighted by atomic mass is 10.1. The number of benzene rings is 2. The standard InChI is InChI=1S/C15H16F2N2O4S2/c1-10(11-3-8-14(16)15(17)9-11)19(2)25(22,23)13-6-4-12(5-7-13)24(18,20)21/h3-10H,1-2H3,(H2,18,20,21). The fraction of sp³-hybridized carbons (Fsp3) is 0.200. The van der Waals surface area contributed by atoms with Crippen LogP contribution in [0.25, 0.3) is 0 Å². The van der Waals surface area contributed by atoms with Crippen LogP contribution in [0.3, 0.4) is 0 Å². The molecule has 0 saturated carbocycles. The summed E-state index contributed by atoms with van der Waals surface area (Å²) in [5.41, 5.74) is 0.270. The predicted molar refractivity (Wildman–Crippen MR) is 87.5 cm³/mol. The molecule has 10 heteroatoms. The molecule has 2 N–H and O–H groups in total. The Kier molecular flexibility index (Phi) is 5.28. The highest BCUT2D eigenvalue weighted by atomic mass is 32.2. The molecule has 2 aromatic rings. The van der Waals surface area contributed by atoms with Crippen molar-refractivity contribution in [2.24, 2.45) is 5.14 Å². The Morgan fingerprint density at radius 3 is 1.92 bits per heavy atom. The average Bonchev–Trinajstić information content (AvgIpc) is 2.55. The summed E-state index contributed by atoms with van der Waals surface area (Å²) in [6, 6.07) is 6.75. The first-order valence-electron chi connectivity index (χ1n) is 7.00. The second kappa shape index (κ2) is 6.79. The van der Waals surface area contributed by atoms with Crippen molar-refractivity contribution >= 4 is 20.0 Å². The van der Waals surface area contributed by atoms with Gasteiger partial charge in [0.05, 0.1) is 9.79 Å². The van der Waals surface area contributed by atoms with Crippen molar-refractivity contribution in [1.82, 2.24) is 4.31 Å². The smallest absolute Gasteiger partial charge is 0.225 e. The molecule has 0 heterocycles. The highest BCUT2D eigenvalue weighted by molar-refractivity contribution is 7.89. The summed E-state index contributed by atoms with van der Waals surface area (Å²) in [4.78, 5) is -0.375. The first kappa shape index (κ1) is 19.4. The van der Waals surface area contributed by atoms with Crippen molar-refractivity contribution in [1.29, 1.82) is 0 Å². The number of hydrogen-bond acceptors (Lipinski definition) is 4. The third-order valence-electron chi connectivity index (χ3n) is 3.80. The van der Waals surface area contributed by atoms with Crippen molar-refractivity contribution in [3.63, 3.8) is 0 Å². The minimum atomic E-state index is -3.99. The molecule has 0 aliphatic carbocycles. The molecule has 0 radical (unpaired) electrons. The zero-order valence-corrected chi connectivity index (χ0v) is 15.0. The monoisotopic (exact) mass is 390 g/mol. The van der Waals surface area contributed by atoms with Crippen LogP contribution in [0.4, 0.5) is 8.78 Å². The number of nitrogens with two attached hydrogens (primary N) is 1. The minimum absolute atomic E-state index is 0.156. The largest absolute Gasteiger partial charge is 0.243 e. The molecule has 2 aromatic carbocycles. The lowest BCUT2D eigenvalue weighted by molar-refractivity contribution is 0.395. The van der Waals surface area contributed by atoms with E-state index in [1.54, 1.807) is 0 Å². The van der Waals surface area contributed by atoms with E-state index in [4.69, 9.17) is 5.14 Å². The summed E-state index contributed by atoms with van der Waals surface area (Å²) in [7, 11) is -6.64. The molecule has 1 unspecified atom stereocenters. The Labute approximate surface area is 145 Å². The van der Waals surface area contributed by atoms with Crippen LogP contribution in [0.1, 0.15) is 18.5 Å². The molecule has 0 amide bonds. The Hall–Kier alpha value is -1.88. The molecule has 1 atom stereocenters. The van der Waals surface area contributed by atoms with E-state index in [9.17, 15) is 25.6 Å². The number of nitrogens with zero attached hydrogens (tertiary/aromatic N) is 1. The fourth-order valence-electron chi connectivity index (χ4n) is 2.16. The van der Waals surface area contributed by atoms with E-state index in [1.165, 1.54) is 20.0 Å². The van der Waals surface area contributed by atoms with Crippen LogP contribution in [0.2, 0.25) is 0 Å². The van der Waals surface area contributed by atoms with Crippen LogP contribution in [0.15, 0.2) is 52.3 Å². The second-order valence-corrected chi connectivity index (χ2v) is 8.95. The third kappa shape index (κ3) is 4.03. The fourth-order valence-corrected chi connectivity index (χ4v) is 4.02. The molecule has 2 rings (SSSR count). The number of rotatable bonds is 5. The Morgan fingerprint density at radius 2 is 1.44 bits per heavy atom. The quantitative estimate of drug-likeness (QED) is 0.844. The van der Waals surface area contributed by atoms with Gasteiger partial charge in [-0.3, -0.25) is 0 Å². The Balaban J connectivity index is 2.36. The lowest BCUT2D eigenvalue weighted by Gasteiger charge is -2.25. The lowest BCUT2D eigenvalue weighted by Crippen LogP contribution is -2.30. The molecule has 25 heavy (non-hydrogen) atoms. The summed E-state index contributed by atoms with van der Waals surface area (Å²) in [6.45, 7) is 1.52. The van der Waals surface area contributed by atoms with Gasteiger partial charge in [-0.25, -0.2) is 30.8 Å². The van der Waals surface area contributed by atoms with Crippen molar-refractivity contribution in [2.75, 3.05) is 7.05 Å². The van der Waals surface area contributed by atoms with Crippen molar-refractivity contribution in [3.05, 3.63) is 59.7 Å². The van der Waals surface area contributed by atoms with Crippen LogP contribution >= 0.6 is 0 Å². The maximum atomic E-state index is 13.4. The minimum Gasteiger partial charge on any atom is -0.225 e. The zero-order chi connectivity index (χ0) is 19.0. The van der Waals surface area contributed by atoms with Gasteiger partial charge in [0.15, 0.2) is 11.6 Å². The maximum absolute atomic E-state index is 13.4. The average molecular weight is 390 g/mol. The van der Waals surface area contributed by atoms with Gasteiger partial charge in [-0.1, -0.05) is 6.07 Å². The molecule has 0 aliphatic rings. The molecule has 0 bridgehead atoms. The van der Waals surface area contributed by atoms with Gasteiger partial charge in [0, 0.05) is 13.1 Å². The van der Waals surface area contributed by atoms with Crippen LogP contribution in [0.5, 0.6) is 0 Å². The first-order chi connectivity index (χ1) is 11.4. The molecule has 0 saturated heterocycles. The van der Waals surface area contributed by atoms with E-state index in [1.807, 2.05) is 0 Å². The van der Waals surface area contributed by atoms with E-state index < -0.39 is 37.7 Å². The van der Waals surface area contributed by atoms with E-state index >= 15 is 0 Å². The molecule has 6 nitrogen and oxygen atoms in total. The SMILES string of the molecule is CC(c1ccc(F)c(F)c1)N(C)S(=O)(=O)c1ccc(S(N)(=O)=O)cc1. The highest BCUT2D eigenvalue weighted by Gasteiger charge is 2.27. The van der Waals surface area contributed by atoms with Crippen LogP contribution in [-0.4, -0.2) is 28.2 Å². The van der Waals surface area contributed by atoms with E-state index in [0.29, 0.717) is 0 Å². The summed E-state index contributed by atoms with van der Waals surface area (Å²) in [5, 5.41) is 4.97. The van der Waals surface area contributed by atoms with Gasteiger partial charge >= 0.3 is 0 Å².